The summed E-state index contributed by atoms with van der Waals surface area (Å²) in [6.07, 6.45) is 3.18. The molecule has 2 heterocycles. The van der Waals surface area contributed by atoms with Gasteiger partial charge in [0.05, 0.1) is 18.2 Å². The number of ether oxygens (including phenoxy) is 1. The quantitative estimate of drug-likeness (QED) is 0.425. The van der Waals surface area contributed by atoms with Crippen LogP contribution in [0.25, 0.3) is 11.0 Å². The van der Waals surface area contributed by atoms with Gasteiger partial charge in [-0.05, 0) is 53.4 Å². The summed E-state index contributed by atoms with van der Waals surface area (Å²) in [5.41, 5.74) is 2.20. The van der Waals surface area contributed by atoms with E-state index in [4.69, 9.17) is 9.15 Å². The van der Waals surface area contributed by atoms with E-state index < -0.39 is 9.84 Å². The highest BCUT2D eigenvalue weighted by atomic mass is 32.2. The first-order valence-corrected chi connectivity index (χ1v) is 11.9. The van der Waals surface area contributed by atoms with Gasteiger partial charge in [-0.25, -0.2) is 8.42 Å². The number of carbonyl (C=O) groups excluding carboxylic acids is 1. The van der Waals surface area contributed by atoms with Gasteiger partial charge < -0.3 is 14.5 Å². The van der Waals surface area contributed by atoms with Crippen LogP contribution in [-0.2, 0) is 16.4 Å². The van der Waals surface area contributed by atoms with E-state index in [-0.39, 0.29) is 33.9 Å². The zero-order chi connectivity index (χ0) is 23.6. The van der Waals surface area contributed by atoms with Crippen molar-refractivity contribution in [2.24, 2.45) is 0 Å². The van der Waals surface area contributed by atoms with Gasteiger partial charge in [0, 0.05) is 18.1 Å². The van der Waals surface area contributed by atoms with Crippen molar-refractivity contribution in [1.29, 1.82) is 0 Å². The van der Waals surface area contributed by atoms with Crippen molar-refractivity contribution >= 4 is 26.7 Å². The van der Waals surface area contributed by atoms with Crippen LogP contribution in [0.4, 0.5) is 0 Å². The summed E-state index contributed by atoms with van der Waals surface area (Å²) in [4.78, 5) is 16.7. The van der Waals surface area contributed by atoms with Gasteiger partial charge >= 0.3 is 0 Å². The molecule has 0 atom stereocenters. The lowest BCUT2D eigenvalue weighted by Crippen LogP contribution is -2.22. The molecule has 4 rings (SSSR count). The molecule has 8 heteroatoms. The molecule has 1 amide bonds. The smallest absolute Gasteiger partial charge is 0.287 e. The molecule has 4 aromatic rings. The van der Waals surface area contributed by atoms with Crippen molar-refractivity contribution in [2.45, 2.75) is 36.1 Å². The summed E-state index contributed by atoms with van der Waals surface area (Å²) >= 11 is 0. The topological polar surface area (TPSA) is 98.5 Å². The number of benzene rings is 2. The minimum Gasteiger partial charge on any atom is -0.495 e. The van der Waals surface area contributed by atoms with E-state index in [9.17, 15) is 13.2 Å². The molecule has 2 aromatic carbocycles. The van der Waals surface area contributed by atoms with Crippen LogP contribution in [-0.4, -0.2) is 26.4 Å². The van der Waals surface area contributed by atoms with Crippen molar-refractivity contribution < 1.29 is 22.4 Å². The highest BCUT2D eigenvalue weighted by molar-refractivity contribution is 7.91. The molecule has 0 aliphatic rings. The normalized spacial score (nSPS) is 11.6. The van der Waals surface area contributed by atoms with E-state index in [2.05, 4.69) is 10.3 Å². The Labute approximate surface area is 192 Å². The second kappa shape index (κ2) is 9.07. The number of pyridine rings is 1. The van der Waals surface area contributed by atoms with E-state index in [1.54, 1.807) is 48.8 Å². The third-order valence-corrected chi connectivity index (χ3v) is 7.17. The molecule has 0 aliphatic heterocycles. The van der Waals surface area contributed by atoms with Crippen LogP contribution in [0.15, 0.2) is 81.2 Å². The summed E-state index contributed by atoms with van der Waals surface area (Å²) in [6.45, 7) is 4.23. The first-order valence-electron chi connectivity index (χ1n) is 10.4. The molecular formula is C25H24N2O5S. The first-order chi connectivity index (χ1) is 15.8. The van der Waals surface area contributed by atoms with Crippen molar-refractivity contribution in [2.75, 3.05) is 7.11 Å². The van der Waals surface area contributed by atoms with E-state index in [0.29, 0.717) is 11.3 Å². The molecule has 0 saturated heterocycles. The Hall–Kier alpha value is -3.65. The summed E-state index contributed by atoms with van der Waals surface area (Å²) in [5, 5.41) is 3.57. The van der Waals surface area contributed by atoms with Crippen molar-refractivity contribution in [3.8, 4) is 5.75 Å². The second-order valence-corrected chi connectivity index (χ2v) is 9.84. The Morgan fingerprint density at radius 1 is 1.09 bits per heavy atom. The van der Waals surface area contributed by atoms with Crippen LogP contribution in [0, 0.1) is 0 Å². The van der Waals surface area contributed by atoms with E-state index in [1.165, 1.54) is 19.2 Å². The molecule has 0 fully saturated rings. The first kappa shape index (κ1) is 22.5. The van der Waals surface area contributed by atoms with Crippen molar-refractivity contribution in [1.82, 2.24) is 10.3 Å². The third-order valence-electron chi connectivity index (χ3n) is 5.38. The maximum Gasteiger partial charge on any atom is 0.287 e. The summed E-state index contributed by atoms with van der Waals surface area (Å²) in [5.74, 6) is 0.308. The zero-order valence-electron chi connectivity index (χ0n) is 18.5. The lowest BCUT2D eigenvalue weighted by atomic mass is 10.0. The van der Waals surface area contributed by atoms with E-state index >= 15 is 0 Å². The van der Waals surface area contributed by atoms with Gasteiger partial charge in [0.15, 0.2) is 11.3 Å². The fourth-order valence-electron chi connectivity index (χ4n) is 3.44. The summed E-state index contributed by atoms with van der Waals surface area (Å²) < 4.78 is 37.4. The Kier molecular flexibility index (Phi) is 6.20. The van der Waals surface area contributed by atoms with E-state index in [1.807, 2.05) is 19.9 Å². The Morgan fingerprint density at radius 3 is 2.52 bits per heavy atom. The predicted octanol–water partition coefficient (Wildman–Crippen LogP) is 4.72. The molecular weight excluding hydrogens is 440 g/mol. The highest BCUT2D eigenvalue weighted by Gasteiger charge is 2.23. The zero-order valence-corrected chi connectivity index (χ0v) is 19.3. The number of hydrogen-bond acceptors (Lipinski definition) is 6. The molecule has 170 valence electrons. The molecule has 0 radical (unpaired) electrons. The highest BCUT2D eigenvalue weighted by Crippen LogP contribution is 2.32. The number of nitrogens with zero attached hydrogens (tertiary/aromatic N) is 1. The van der Waals surface area contributed by atoms with Crippen LogP contribution < -0.4 is 10.1 Å². The van der Waals surface area contributed by atoms with Gasteiger partial charge in [0.25, 0.3) is 5.91 Å². The average Bonchev–Trinajstić information content (AvgIpc) is 3.27. The molecule has 0 saturated carbocycles. The van der Waals surface area contributed by atoms with Crippen LogP contribution in [0.5, 0.6) is 5.75 Å². The number of methoxy groups -OCH3 is 1. The van der Waals surface area contributed by atoms with Crippen LogP contribution in [0.3, 0.4) is 0 Å². The summed E-state index contributed by atoms with van der Waals surface area (Å²) in [6, 6.07) is 15.0. The van der Waals surface area contributed by atoms with Gasteiger partial charge in [0.2, 0.25) is 9.84 Å². The number of sulfone groups is 1. The van der Waals surface area contributed by atoms with Crippen molar-refractivity contribution in [3.05, 3.63) is 83.9 Å². The fraction of sp³-hybridized carbons (Fsp3) is 0.200. The molecule has 0 bridgehead atoms. The van der Waals surface area contributed by atoms with Gasteiger partial charge in [-0.3, -0.25) is 9.78 Å². The number of nitrogens with one attached hydrogen (secondary N) is 1. The van der Waals surface area contributed by atoms with Crippen LogP contribution >= 0.6 is 0 Å². The molecule has 2 aromatic heterocycles. The Bertz CT molecular complexity index is 1370. The lowest BCUT2D eigenvalue weighted by molar-refractivity contribution is 0.0925. The van der Waals surface area contributed by atoms with Crippen LogP contribution in [0.1, 0.15) is 41.4 Å². The standard InChI is InChI=1S/C25H24N2O5S/c1-16(2)18-6-9-21(31-3)24(13-18)33(29,30)20-7-4-17(5-8-20)14-27-25(28)22-12-19-10-11-26-15-23(19)32-22/h4-13,15-16H,14H2,1-3H3,(H,27,28). The monoisotopic (exact) mass is 464 g/mol. The predicted molar refractivity (Wildman–Crippen MR) is 124 cm³/mol. The van der Waals surface area contributed by atoms with Gasteiger partial charge in [0.1, 0.15) is 10.6 Å². The van der Waals surface area contributed by atoms with Gasteiger partial charge in [-0.15, -0.1) is 0 Å². The number of amides is 1. The SMILES string of the molecule is COc1ccc(C(C)C)cc1S(=O)(=O)c1ccc(CNC(=O)c2cc3ccncc3o2)cc1. The number of aromatic nitrogens is 1. The molecule has 0 spiro atoms. The number of fused-ring (bicyclic) bond motifs is 1. The lowest BCUT2D eigenvalue weighted by Gasteiger charge is -2.14. The van der Waals surface area contributed by atoms with Gasteiger partial charge in [-0.2, -0.15) is 0 Å². The Morgan fingerprint density at radius 2 is 1.85 bits per heavy atom. The minimum atomic E-state index is -3.78. The van der Waals surface area contributed by atoms with E-state index in [0.717, 1.165) is 16.5 Å². The van der Waals surface area contributed by atoms with Gasteiger partial charge in [-0.1, -0.05) is 32.0 Å². The molecule has 0 aliphatic carbocycles. The second-order valence-electron chi connectivity index (χ2n) is 7.92. The number of furan rings is 1. The maximum absolute atomic E-state index is 13.3. The molecule has 7 nitrogen and oxygen atoms in total. The van der Waals surface area contributed by atoms with Crippen LogP contribution in [0.2, 0.25) is 0 Å². The number of carbonyl (C=O) groups is 1. The molecule has 1 N–H and O–H groups in total. The third kappa shape index (κ3) is 4.61. The minimum absolute atomic E-state index is 0.136. The Balaban J connectivity index is 1.51. The molecule has 0 unspecified atom stereocenters. The summed E-state index contributed by atoms with van der Waals surface area (Å²) in [7, 11) is -2.32. The fourth-order valence-corrected chi connectivity index (χ4v) is 4.90. The number of rotatable bonds is 7. The largest absolute Gasteiger partial charge is 0.495 e. The maximum atomic E-state index is 13.3. The number of hydrogen-bond donors (Lipinski definition) is 1. The molecule has 33 heavy (non-hydrogen) atoms. The van der Waals surface area contributed by atoms with Crippen molar-refractivity contribution in [3.63, 3.8) is 0 Å². The average molecular weight is 465 g/mol.